The molecule has 1 aromatic heterocycles. The zero-order valence-corrected chi connectivity index (χ0v) is 28.0. The average molecular weight is 676 g/mol. The number of likely N-dealkylation sites (tertiary alicyclic amines) is 1. The van der Waals surface area contributed by atoms with Crippen molar-refractivity contribution in [3.63, 3.8) is 0 Å². The molecule has 2 N–H and O–H groups in total. The third-order valence-electron chi connectivity index (χ3n) is 8.85. The summed E-state index contributed by atoms with van der Waals surface area (Å²) in [6.07, 6.45) is -3.77. The zero-order chi connectivity index (χ0) is 35.7. The molecule has 1 saturated heterocycles. The van der Waals surface area contributed by atoms with Crippen LogP contribution in [0.1, 0.15) is 84.1 Å². The fraction of sp³-hybridized carbons (Fsp3) is 0.472. The summed E-state index contributed by atoms with van der Waals surface area (Å²) in [5.74, 6) is -4.73. The molecule has 4 rings (SSSR count). The predicted molar refractivity (Wildman–Crippen MR) is 173 cm³/mol. The van der Waals surface area contributed by atoms with E-state index in [-0.39, 0.29) is 35.4 Å². The van der Waals surface area contributed by atoms with Crippen molar-refractivity contribution in [2.24, 2.45) is 5.92 Å². The van der Waals surface area contributed by atoms with Crippen LogP contribution in [0.3, 0.4) is 0 Å². The smallest absolute Gasteiger partial charge is 0.416 e. The van der Waals surface area contributed by atoms with Crippen LogP contribution in [0.4, 0.5) is 22.0 Å². The van der Waals surface area contributed by atoms with Gasteiger partial charge in [0.2, 0.25) is 5.91 Å². The van der Waals surface area contributed by atoms with E-state index in [1.165, 1.54) is 13.0 Å². The van der Waals surface area contributed by atoms with Crippen molar-refractivity contribution in [3.8, 4) is 11.1 Å². The second kappa shape index (κ2) is 14.6. The maximum atomic E-state index is 16.5. The van der Waals surface area contributed by atoms with E-state index in [2.05, 4.69) is 5.32 Å². The monoisotopic (exact) mass is 675 g/mol. The Morgan fingerprint density at radius 1 is 0.958 bits per heavy atom. The number of hydrogen-bond acceptors (Lipinski definition) is 4. The van der Waals surface area contributed by atoms with E-state index >= 15 is 8.78 Å². The molecule has 0 radical (unpaired) electrons. The molecule has 2 unspecified atom stereocenters. The average Bonchev–Trinajstić information content (AvgIpc) is 2.92. The maximum absolute atomic E-state index is 16.5. The number of hydrogen-bond donors (Lipinski definition) is 2. The van der Waals surface area contributed by atoms with Gasteiger partial charge in [-0.05, 0) is 99.8 Å². The number of pyridine rings is 1. The third kappa shape index (κ3) is 8.14. The van der Waals surface area contributed by atoms with Gasteiger partial charge in [0.15, 0.2) is 0 Å². The molecular formula is C36H42F5N3O4. The van der Waals surface area contributed by atoms with Crippen LogP contribution in [0.2, 0.25) is 0 Å². The lowest BCUT2D eigenvalue weighted by Crippen LogP contribution is -2.41. The van der Waals surface area contributed by atoms with Crippen LogP contribution in [0.25, 0.3) is 11.1 Å². The quantitative estimate of drug-likeness (QED) is 0.198. The van der Waals surface area contributed by atoms with Crippen molar-refractivity contribution in [1.82, 2.24) is 14.8 Å². The summed E-state index contributed by atoms with van der Waals surface area (Å²) in [6, 6.07) is 2.39. The lowest BCUT2D eigenvalue weighted by atomic mass is 9.88. The molecule has 2 atom stereocenters. The van der Waals surface area contributed by atoms with Crippen molar-refractivity contribution in [3.05, 3.63) is 91.4 Å². The van der Waals surface area contributed by atoms with Gasteiger partial charge < -0.3 is 19.9 Å². The number of amides is 1. The molecule has 2 heterocycles. The zero-order valence-electron chi connectivity index (χ0n) is 28.0. The summed E-state index contributed by atoms with van der Waals surface area (Å²) in [5, 5.41) is 12.2. The first kappa shape index (κ1) is 36.8. The van der Waals surface area contributed by atoms with Gasteiger partial charge in [-0.15, -0.1) is 0 Å². The lowest BCUT2D eigenvalue weighted by molar-refractivity contribution is -0.139. The molecule has 3 aromatic rings. The molecule has 260 valence electrons. The van der Waals surface area contributed by atoms with Gasteiger partial charge in [-0.25, -0.2) is 8.78 Å². The van der Waals surface area contributed by atoms with Gasteiger partial charge in [0.1, 0.15) is 17.7 Å². The Labute approximate surface area is 276 Å². The molecular weight excluding hydrogens is 633 g/mol. The highest BCUT2D eigenvalue weighted by Gasteiger charge is 2.37. The van der Waals surface area contributed by atoms with E-state index in [0.29, 0.717) is 29.3 Å². The third-order valence-corrected chi connectivity index (χ3v) is 8.85. The molecule has 0 aliphatic carbocycles. The van der Waals surface area contributed by atoms with Gasteiger partial charge in [-0.1, -0.05) is 31.5 Å². The Bertz CT molecular complexity index is 1740. The summed E-state index contributed by atoms with van der Waals surface area (Å²) in [6.45, 7) is 12.2. The van der Waals surface area contributed by atoms with E-state index in [0.717, 1.165) is 35.8 Å². The molecule has 1 aliphatic rings. The number of rotatable bonds is 12. The lowest BCUT2D eigenvalue weighted by Gasteiger charge is -2.31. The van der Waals surface area contributed by atoms with Crippen LogP contribution < -0.4 is 10.9 Å². The van der Waals surface area contributed by atoms with Crippen LogP contribution in [-0.4, -0.2) is 46.1 Å². The van der Waals surface area contributed by atoms with E-state index in [9.17, 15) is 32.7 Å². The standard InChI is InChI=1S/C36H42F5N3O4/c1-19(2)12-28(44-18-24(8-11-43-9-7-10-43)26(16-29(44)45)36(39,40)41)35(48)42-27(17-30(46)47)32-33(37)23(6)15-25(34(32)38)31-21(4)13-20(3)14-22(31)5/h13-16,18-19,27-28H,7-12,17H2,1-6H3,(H,42,48)(H,46,47). The van der Waals surface area contributed by atoms with E-state index in [1.54, 1.807) is 27.7 Å². The first-order chi connectivity index (χ1) is 22.4. The first-order valence-corrected chi connectivity index (χ1v) is 16.0. The molecule has 0 saturated carbocycles. The van der Waals surface area contributed by atoms with Crippen LogP contribution in [0.5, 0.6) is 0 Å². The Hall–Kier alpha value is -4.06. The summed E-state index contributed by atoms with van der Waals surface area (Å²) in [5.41, 5.74) is -0.0638. The minimum absolute atomic E-state index is 0.0196. The molecule has 48 heavy (non-hydrogen) atoms. The molecule has 1 fully saturated rings. The Morgan fingerprint density at radius 3 is 2.10 bits per heavy atom. The summed E-state index contributed by atoms with van der Waals surface area (Å²) < 4.78 is 75.2. The fourth-order valence-electron chi connectivity index (χ4n) is 6.53. The second-order valence-electron chi connectivity index (χ2n) is 13.3. The second-order valence-corrected chi connectivity index (χ2v) is 13.3. The van der Waals surface area contributed by atoms with Gasteiger partial charge in [-0.3, -0.25) is 14.4 Å². The van der Waals surface area contributed by atoms with Gasteiger partial charge in [0.05, 0.1) is 18.0 Å². The highest BCUT2D eigenvalue weighted by Crippen LogP contribution is 2.38. The number of aromatic nitrogens is 1. The molecule has 1 aliphatic heterocycles. The summed E-state index contributed by atoms with van der Waals surface area (Å²) in [7, 11) is 0. The number of carbonyl (C=O) groups is 2. The number of alkyl halides is 3. The van der Waals surface area contributed by atoms with E-state index in [1.807, 2.05) is 24.0 Å². The predicted octanol–water partition coefficient (Wildman–Crippen LogP) is 7.21. The molecule has 7 nitrogen and oxygen atoms in total. The van der Waals surface area contributed by atoms with Gasteiger partial charge >= 0.3 is 12.1 Å². The topological polar surface area (TPSA) is 91.6 Å². The van der Waals surface area contributed by atoms with Gasteiger partial charge in [-0.2, -0.15) is 13.2 Å². The number of halogens is 5. The maximum Gasteiger partial charge on any atom is 0.416 e. The number of nitrogens with one attached hydrogen (secondary N) is 1. The van der Waals surface area contributed by atoms with Gasteiger partial charge in [0, 0.05) is 29.9 Å². The highest BCUT2D eigenvalue weighted by molar-refractivity contribution is 5.82. The first-order valence-electron chi connectivity index (χ1n) is 16.0. The minimum Gasteiger partial charge on any atom is -0.481 e. The van der Waals surface area contributed by atoms with E-state index < -0.39 is 64.9 Å². The summed E-state index contributed by atoms with van der Waals surface area (Å²) in [4.78, 5) is 41.2. The molecule has 0 spiro atoms. The number of nitrogens with zero attached hydrogens (tertiary/aromatic N) is 2. The van der Waals surface area contributed by atoms with Crippen LogP contribution in [0, 0.1) is 45.2 Å². The molecule has 12 heteroatoms. The van der Waals surface area contributed by atoms with Crippen LogP contribution >= 0.6 is 0 Å². The van der Waals surface area contributed by atoms with Crippen molar-refractivity contribution in [2.45, 2.75) is 85.5 Å². The number of carbonyl (C=O) groups excluding carboxylic acids is 1. The molecule has 1 amide bonds. The Morgan fingerprint density at radius 2 is 1.58 bits per heavy atom. The van der Waals surface area contributed by atoms with Crippen LogP contribution in [0.15, 0.2) is 35.3 Å². The number of aryl methyl sites for hydroxylation is 4. The van der Waals surface area contributed by atoms with Gasteiger partial charge in [0.25, 0.3) is 5.56 Å². The molecule has 0 bridgehead atoms. The number of benzene rings is 2. The normalized spacial score (nSPS) is 14.9. The van der Waals surface area contributed by atoms with Crippen molar-refractivity contribution < 1.29 is 36.6 Å². The van der Waals surface area contributed by atoms with Crippen molar-refractivity contribution in [1.29, 1.82) is 0 Å². The molecule has 2 aromatic carbocycles. The Kier molecular flexibility index (Phi) is 11.2. The van der Waals surface area contributed by atoms with E-state index in [4.69, 9.17) is 0 Å². The Balaban J connectivity index is 1.81. The fourth-order valence-corrected chi connectivity index (χ4v) is 6.53. The largest absolute Gasteiger partial charge is 0.481 e. The SMILES string of the molecule is Cc1cc(C)c(-c2cc(C)c(F)c(C(CC(=O)O)NC(=O)C(CC(C)C)n3cc(CCN4CCC4)c(C(F)(F)F)cc3=O)c2F)c(C)c1. The van der Waals surface area contributed by atoms with Crippen LogP contribution in [-0.2, 0) is 22.2 Å². The van der Waals surface area contributed by atoms with Crippen molar-refractivity contribution in [2.75, 3.05) is 19.6 Å². The van der Waals surface area contributed by atoms with Crippen molar-refractivity contribution >= 4 is 11.9 Å². The summed E-state index contributed by atoms with van der Waals surface area (Å²) >= 11 is 0. The minimum atomic E-state index is -4.81. The number of carboxylic acid groups (broad SMARTS) is 1. The highest BCUT2D eigenvalue weighted by atomic mass is 19.4. The number of aliphatic carboxylic acids is 1. The number of carboxylic acids is 1.